The molecule has 0 aliphatic carbocycles. The summed E-state index contributed by atoms with van der Waals surface area (Å²) in [6.45, 7) is 3.52. The third-order valence-corrected chi connectivity index (χ3v) is 5.74. The molecule has 1 saturated heterocycles. The normalized spacial score (nSPS) is 15.2. The maximum atomic E-state index is 13.6. The Balaban J connectivity index is 1.86. The number of thiazole rings is 1. The summed E-state index contributed by atoms with van der Waals surface area (Å²) in [5, 5.41) is 8.58. The third-order valence-electron chi connectivity index (χ3n) is 4.65. The smallest absolute Gasteiger partial charge is 0.381 e. The van der Waals surface area contributed by atoms with E-state index in [0.717, 1.165) is 24.2 Å². The zero-order valence-electron chi connectivity index (χ0n) is 16.7. The zero-order chi connectivity index (χ0) is 21.7. The fourth-order valence-electron chi connectivity index (χ4n) is 3.09. The molecule has 162 valence electrons. The Morgan fingerprint density at radius 2 is 2.10 bits per heavy atom. The molecule has 2 aromatic heterocycles. The average molecular weight is 441 g/mol. The number of alkyl halides is 3. The highest BCUT2D eigenvalue weighted by Crippen LogP contribution is 2.37. The molecular weight excluding hydrogens is 418 g/mol. The summed E-state index contributed by atoms with van der Waals surface area (Å²) in [6, 6.07) is 1.23. The number of carbonyl (C=O) groups is 1. The number of pyridine rings is 1. The first-order valence-electron chi connectivity index (χ1n) is 9.67. The van der Waals surface area contributed by atoms with Gasteiger partial charge in [-0.1, -0.05) is 5.46 Å². The quantitative estimate of drug-likeness (QED) is 0.597. The maximum absolute atomic E-state index is 13.6. The van der Waals surface area contributed by atoms with Crippen LogP contribution < -0.4 is 21.4 Å². The highest BCUT2D eigenvalue weighted by atomic mass is 32.1. The fraction of sp³-hybridized carbons (Fsp3) is 0.500. The minimum Gasteiger partial charge on any atom is -0.381 e. The van der Waals surface area contributed by atoms with Crippen LogP contribution in [0.3, 0.4) is 0 Å². The molecule has 0 aromatic carbocycles. The molecule has 0 bridgehead atoms. The van der Waals surface area contributed by atoms with Gasteiger partial charge in [-0.2, -0.15) is 13.2 Å². The zero-order valence-corrected chi connectivity index (χ0v) is 17.5. The molecule has 3 N–H and O–H groups in total. The van der Waals surface area contributed by atoms with E-state index in [0.29, 0.717) is 30.8 Å². The molecule has 7 nitrogen and oxygen atoms in total. The van der Waals surface area contributed by atoms with Gasteiger partial charge in [-0.3, -0.25) is 5.32 Å². The lowest BCUT2D eigenvalue weighted by molar-refractivity contribution is -0.141. The van der Waals surface area contributed by atoms with Crippen molar-refractivity contribution in [1.82, 2.24) is 20.6 Å². The van der Waals surface area contributed by atoms with Crippen molar-refractivity contribution in [2.45, 2.75) is 38.5 Å². The fourth-order valence-corrected chi connectivity index (χ4v) is 4.20. The summed E-state index contributed by atoms with van der Waals surface area (Å²) < 4.78 is 46.1. The van der Waals surface area contributed by atoms with Crippen LogP contribution in [0, 0.1) is 0 Å². The van der Waals surface area contributed by atoms with E-state index >= 15 is 0 Å². The van der Waals surface area contributed by atoms with Crippen molar-refractivity contribution in [3.8, 4) is 10.6 Å². The number of urea groups is 1. The Morgan fingerprint density at radius 1 is 1.37 bits per heavy atom. The van der Waals surface area contributed by atoms with Gasteiger partial charge in [0.1, 0.15) is 18.7 Å². The van der Waals surface area contributed by atoms with Crippen molar-refractivity contribution in [3.05, 3.63) is 22.8 Å². The van der Waals surface area contributed by atoms with Crippen molar-refractivity contribution < 1.29 is 22.7 Å². The lowest BCUT2D eigenvalue weighted by Crippen LogP contribution is -2.34. The first-order chi connectivity index (χ1) is 14.3. The van der Waals surface area contributed by atoms with Crippen LogP contribution in [-0.2, 0) is 17.5 Å². The minimum absolute atomic E-state index is 0.0886. The van der Waals surface area contributed by atoms with Crippen molar-refractivity contribution >= 4 is 36.5 Å². The van der Waals surface area contributed by atoms with E-state index in [2.05, 4.69) is 25.9 Å². The van der Waals surface area contributed by atoms with Crippen LogP contribution in [0.1, 0.15) is 30.3 Å². The number of ether oxygens (including phenoxy) is 1. The number of aromatic nitrogens is 2. The molecule has 0 atom stereocenters. The van der Waals surface area contributed by atoms with E-state index in [1.54, 1.807) is 20.8 Å². The van der Waals surface area contributed by atoms with Gasteiger partial charge in [-0.15, -0.1) is 11.3 Å². The molecule has 2 amide bonds. The largest absolute Gasteiger partial charge is 0.434 e. The van der Waals surface area contributed by atoms with E-state index < -0.39 is 17.9 Å². The molecule has 2 aromatic rings. The van der Waals surface area contributed by atoms with Gasteiger partial charge in [0.15, 0.2) is 5.69 Å². The summed E-state index contributed by atoms with van der Waals surface area (Å²) >= 11 is 0.999. The van der Waals surface area contributed by atoms with E-state index in [4.69, 9.17) is 4.74 Å². The van der Waals surface area contributed by atoms with Gasteiger partial charge in [0.25, 0.3) is 0 Å². The van der Waals surface area contributed by atoms with Crippen molar-refractivity contribution in [3.63, 3.8) is 0 Å². The Labute approximate surface area is 177 Å². The Hall–Kier alpha value is -2.18. The number of anilines is 1. The van der Waals surface area contributed by atoms with Crippen LogP contribution in [0.2, 0.25) is 0 Å². The number of amides is 2. The number of nitrogens with one attached hydrogen (secondary N) is 3. The van der Waals surface area contributed by atoms with Crippen LogP contribution in [0.4, 0.5) is 23.8 Å². The number of carbonyl (C=O) groups excluding carboxylic acids is 1. The van der Waals surface area contributed by atoms with E-state index in [9.17, 15) is 18.0 Å². The second-order valence-corrected chi connectivity index (χ2v) is 8.01. The lowest BCUT2D eigenvalue weighted by atomic mass is 9.93. The van der Waals surface area contributed by atoms with Crippen LogP contribution in [0.25, 0.3) is 10.6 Å². The lowest BCUT2D eigenvalue weighted by Gasteiger charge is -2.23. The summed E-state index contributed by atoms with van der Waals surface area (Å²) in [5.41, 5.74) is 0.295. The number of rotatable bonds is 6. The molecular formula is C18H23BF3N5O2S. The number of nitrogens with zero attached hydrogens (tertiary/aromatic N) is 2. The Kier molecular flexibility index (Phi) is 7.32. The topological polar surface area (TPSA) is 88.2 Å². The molecule has 3 heterocycles. The second-order valence-electron chi connectivity index (χ2n) is 6.93. The van der Waals surface area contributed by atoms with Gasteiger partial charge in [0, 0.05) is 44.1 Å². The van der Waals surface area contributed by atoms with Crippen LogP contribution in [0.15, 0.2) is 12.3 Å². The summed E-state index contributed by atoms with van der Waals surface area (Å²) in [7, 11) is 1.74. The van der Waals surface area contributed by atoms with E-state index in [1.165, 1.54) is 6.20 Å². The SMILES string of the molecule is Bc1cnc(NC(=O)NCC)cc1-c1nc(C(F)(F)F)c(CNC2CCOCC2)s1. The van der Waals surface area contributed by atoms with Gasteiger partial charge >= 0.3 is 12.2 Å². The number of halogens is 3. The van der Waals surface area contributed by atoms with Crippen LogP contribution in [0.5, 0.6) is 0 Å². The maximum Gasteiger partial charge on any atom is 0.434 e. The molecule has 1 aliphatic heterocycles. The van der Waals surface area contributed by atoms with Crippen molar-refractivity contribution in [2.24, 2.45) is 0 Å². The van der Waals surface area contributed by atoms with E-state index in [-0.39, 0.29) is 28.3 Å². The number of hydrogen-bond acceptors (Lipinski definition) is 6. The highest BCUT2D eigenvalue weighted by Gasteiger charge is 2.37. The molecule has 0 saturated carbocycles. The highest BCUT2D eigenvalue weighted by molar-refractivity contribution is 7.15. The van der Waals surface area contributed by atoms with Crippen LogP contribution >= 0.6 is 11.3 Å². The van der Waals surface area contributed by atoms with Gasteiger partial charge in [-0.05, 0) is 25.8 Å². The Morgan fingerprint density at radius 3 is 2.77 bits per heavy atom. The second kappa shape index (κ2) is 9.75. The van der Waals surface area contributed by atoms with Crippen LogP contribution in [-0.4, -0.2) is 49.6 Å². The minimum atomic E-state index is -4.55. The van der Waals surface area contributed by atoms with Gasteiger partial charge in [-0.25, -0.2) is 14.8 Å². The predicted octanol–water partition coefficient (Wildman–Crippen LogP) is 1.89. The monoisotopic (exact) mass is 441 g/mol. The third kappa shape index (κ3) is 5.70. The molecule has 1 aliphatic rings. The van der Waals surface area contributed by atoms with Crippen molar-refractivity contribution in [2.75, 3.05) is 25.1 Å². The molecule has 0 spiro atoms. The van der Waals surface area contributed by atoms with Gasteiger partial charge in [0.05, 0.1) is 4.88 Å². The standard InChI is InChI=1S/C18H23BF3N5O2S/c1-2-23-17(28)26-14-7-11(12(19)8-25-14)16-27-15(18(20,21)22)13(30-16)9-24-10-3-5-29-6-4-10/h7-8,10,24H,2-6,9,19H2,1H3,(H2,23,25,26,28). The van der Waals surface area contributed by atoms with Gasteiger partial charge in [0.2, 0.25) is 0 Å². The summed E-state index contributed by atoms with van der Waals surface area (Å²) in [6.07, 6.45) is -1.51. The summed E-state index contributed by atoms with van der Waals surface area (Å²) in [4.78, 5) is 19.9. The Bertz CT molecular complexity index is 887. The molecule has 12 heteroatoms. The molecule has 0 radical (unpaired) electrons. The molecule has 30 heavy (non-hydrogen) atoms. The predicted molar refractivity (Wildman–Crippen MR) is 112 cm³/mol. The first-order valence-corrected chi connectivity index (χ1v) is 10.5. The van der Waals surface area contributed by atoms with Gasteiger partial charge < -0.3 is 15.4 Å². The average Bonchev–Trinajstić information content (AvgIpc) is 3.13. The van der Waals surface area contributed by atoms with E-state index in [1.807, 2.05) is 0 Å². The molecule has 3 rings (SSSR count). The summed E-state index contributed by atoms with van der Waals surface area (Å²) in [5.74, 6) is 0.243. The number of hydrogen-bond donors (Lipinski definition) is 3. The van der Waals surface area contributed by atoms with Crippen molar-refractivity contribution in [1.29, 1.82) is 0 Å². The first kappa shape index (κ1) is 22.5. The molecule has 1 fully saturated rings. The molecule has 0 unspecified atom stereocenters.